The van der Waals surface area contributed by atoms with Gasteiger partial charge in [0.15, 0.2) is 0 Å². The highest BCUT2D eigenvalue weighted by atomic mass is 32.2. The third-order valence-electron chi connectivity index (χ3n) is 3.82. The van der Waals surface area contributed by atoms with Crippen LogP contribution in [0.5, 0.6) is 0 Å². The van der Waals surface area contributed by atoms with E-state index in [9.17, 15) is 13.2 Å². The maximum Gasteiger partial charge on any atom is 0.322 e. The molecule has 2 aliphatic heterocycles. The first-order valence-corrected chi connectivity index (χ1v) is 7.85. The Morgan fingerprint density at radius 2 is 1.78 bits per heavy atom. The van der Waals surface area contributed by atoms with Crippen LogP contribution in [0.4, 0.5) is 0 Å². The minimum Gasteiger partial charge on any atom is -0.480 e. The van der Waals surface area contributed by atoms with Crippen LogP contribution < -0.4 is 0 Å². The van der Waals surface area contributed by atoms with Gasteiger partial charge in [0, 0.05) is 19.1 Å². The molecular formula is C11H20N2O4S. The molecule has 0 radical (unpaired) electrons. The monoisotopic (exact) mass is 276 g/mol. The summed E-state index contributed by atoms with van der Waals surface area (Å²) in [4.78, 5) is 11.1. The molecule has 0 saturated carbocycles. The molecule has 6 nitrogen and oxygen atoms in total. The Morgan fingerprint density at radius 1 is 1.11 bits per heavy atom. The number of carbonyl (C=O) groups is 1. The average Bonchev–Trinajstić information content (AvgIpc) is 2.78. The highest BCUT2D eigenvalue weighted by Gasteiger charge is 2.43. The van der Waals surface area contributed by atoms with Gasteiger partial charge in [-0.3, -0.25) is 4.79 Å². The zero-order chi connectivity index (χ0) is 13.3. The standard InChI is InChI=1S/C11H20N2O4S/c1-9-5-2-3-7-12(9)18(16,17)13-8-4-6-10(13)11(14)15/h9-10H,2-8H2,1H3,(H,14,15)/t9?,10-/m0/s1. The molecule has 7 heteroatoms. The van der Waals surface area contributed by atoms with E-state index in [0.29, 0.717) is 25.9 Å². The van der Waals surface area contributed by atoms with Crippen LogP contribution in [0.2, 0.25) is 0 Å². The summed E-state index contributed by atoms with van der Waals surface area (Å²) in [6.45, 7) is 2.72. The van der Waals surface area contributed by atoms with Gasteiger partial charge in [-0.2, -0.15) is 17.0 Å². The van der Waals surface area contributed by atoms with E-state index >= 15 is 0 Å². The number of hydrogen-bond donors (Lipinski definition) is 1. The minimum absolute atomic E-state index is 0.0289. The average molecular weight is 276 g/mol. The van der Waals surface area contributed by atoms with Crippen molar-refractivity contribution in [3.8, 4) is 0 Å². The Labute approximate surface area is 108 Å². The predicted molar refractivity (Wildman–Crippen MR) is 66.3 cm³/mol. The van der Waals surface area contributed by atoms with Gasteiger partial charge in [-0.05, 0) is 32.6 Å². The number of aliphatic carboxylic acids is 1. The first-order chi connectivity index (χ1) is 8.44. The van der Waals surface area contributed by atoms with Gasteiger partial charge in [-0.1, -0.05) is 6.42 Å². The van der Waals surface area contributed by atoms with Crippen molar-refractivity contribution < 1.29 is 18.3 Å². The van der Waals surface area contributed by atoms with E-state index in [4.69, 9.17) is 5.11 Å². The molecule has 0 aromatic rings. The summed E-state index contributed by atoms with van der Waals surface area (Å²) in [7, 11) is -3.62. The van der Waals surface area contributed by atoms with Crippen LogP contribution in [-0.4, -0.2) is 53.3 Å². The van der Waals surface area contributed by atoms with Crippen LogP contribution >= 0.6 is 0 Å². The van der Waals surface area contributed by atoms with Crippen LogP contribution in [0, 0.1) is 0 Å². The molecule has 0 bridgehead atoms. The summed E-state index contributed by atoms with van der Waals surface area (Å²) < 4.78 is 27.6. The fourth-order valence-electron chi connectivity index (χ4n) is 2.81. The van der Waals surface area contributed by atoms with Crippen molar-refractivity contribution in [2.75, 3.05) is 13.1 Å². The van der Waals surface area contributed by atoms with E-state index in [1.54, 1.807) is 0 Å². The number of hydrogen-bond acceptors (Lipinski definition) is 3. The van der Waals surface area contributed by atoms with Crippen molar-refractivity contribution in [1.82, 2.24) is 8.61 Å². The molecular weight excluding hydrogens is 256 g/mol. The van der Waals surface area contributed by atoms with Gasteiger partial charge in [0.2, 0.25) is 0 Å². The molecule has 0 aromatic heterocycles. The normalized spacial score (nSPS) is 31.6. The molecule has 2 atom stereocenters. The molecule has 2 aliphatic rings. The topological polar surface area (TPSA) is 77.9 Å². The first-order valence-electron chi connectivity index (χ1n) is 6.46. The van der Waals surface area contributed by atoms with Crippen molar-refractivity contribution in [3.63, 3.8) is 0 Å². The summed E-state index contributed by atoms with van der Waals surface area (Å²) in [5.41, 5.74) is 0. The lowest BCUT2D eigenvalue weighted by Gasteiger charge is -2.36. The highest BCUT2D eigenvalue weighted by Crippen LogP contribution is 2.28. The van der Waals surface area contributed by atoms with Gasteiger partial charge in [-0.25, -0.2) is 0 Å². The minimum atomic E-state index is -3.62. The van der Waals surface area contributed by atoms with Gasteiger partial charge in [0.1, 0.15) is 6.04 Å². The number of rotatable bonds is 3. The second-order valence-corrected chi connectivity index (χ2v) is 6.90. The Hall–Kier alpha value is -0.660. The lowest BCUT2D eigenvalue weighted by atomic mass is 10.1. The van der Waals surface area contributed by atoms with Gasteiger partial charge < -0.3 is 5.11 Å². The van der Waals surface area contributed by atoms with Gasteiger partial charge in [-0.15, -0.1) is 0 Å². The number of carboxylic acids is 1. The largest absolute Gasteiger partial charge is 0.480 e. The zero-order valence-electron chi connectivity index (χ0n) is 10.6. The van der Waals surface area contributed by atoms with Crippen LogP contribution in [0.3, 0.4) is 0 Å². The molecule has 2 saturated heterocycles. The first kappa shape index (κ1) is 13.8. The molecule has 1 N–H and O–H groups in total. The Morgan fingerprint density at radius 3 is 2.39 bits per heavy atom. The van der Waals surface area contributed by atoms with Crippen LogP contribution in [0.25, 0.3) is 0 Å². The van der Waals surface area contributed by atoms with Gasteiger partial charge in [0.25, 0.3) is 10.2 Å². The summed E-state index contributed by atoms with van der Waals surface area (Å²) in [6.07, 6.45) is 3.78. The Kier molecular flexibility index (Phi) is 3.93. The number of piperidine rings is 1. The molecule has 0 aromatic carbocycles. The van der Waals surface area contributed by atoms with E-state index in [-0.39, 0.29) is 6.04 Å². The molecule has 0 spiro atoms. The molecule has 104 valence electrons. The maximum absolute atomic E-state index is 12.5. The summed E-state index contributed by atoms with van der Waals surface area (Å²) in [5, 5.41) is 9.09. The third kappa shape index (κ3) is 2.39. The Balaban J connectivity index is 2.22. The molecule has 0 amide bonds. The summed E-state index contributed by atoms with van der Waals surface area (Å²) in [5.74, 6) is -1.04. The van der Waals surface area contributed by atoms with Crippen LogP contribution in [-0.2, 0) is 15.0 Å². The lowest BCUT2D eigenvalue weighted by Crippen LogP contribution is -2.52. The third-order valence-corrected chi connectivity index (χ3v) is 5.99. The van der Waals surface area contributed by atoms with Crippen molar-refractivity contribution in [3.05, 3.63) is 0 Å². The van der Waals surface area contributed by atoms with Crippen LogP contribution in [0.15, 0.2) is 0 Å². The van der Waals surface area contributed by atoms with E-state index in [1.807, 2.05) is 6.92 Å². The Bertz CT molecular complexity index is 423. The van der Waals surface area contributed by atoms with Crippen molar-refractivity contribution in [2.45, 2.75) is 51.1 Å². The lowest BCUT2D eigenvalue weighted by molar-refractivity contribution is -0.140. The molecule has 2 rings (SSSR count). The van der Waals surface area contributed by atoms with E-state index in [0.717, 1.165) is 23.6 Å². The predicted octanol–water partition coefficient (Wildman–Crippen LogP) is 0.655. The summed E-state index contributed by atoms with van der Waals surface area (Å²) in [6, 6.07) is -0.914. The van der Waals surface area contributed by atoms with Crippen LogP contribution in [0.1, 0.15) is 39.0 Å². The molecule has 18 heavy (non-hydrogen) atoms. The van der Waals surface area contributed by atoms with E-state index < -0.39 is 22.2 Å². The molecule has 2 fully saturated rings. The zero-order valence-corrected chi connectivity index (χ0v) is 11.4. The number of carboxylic acid groups (broad SMARTS) is 1. The van der Waals surface area contributed by atoms with Crippen molar-refractivity contribution in [2.24, 2.45) is 0 Å². The molecule has 0 aliphatic carbocycles. The van der Waals surface area contributed by atoms with E-state index in [1.165, 1.54) is 4.31 Å². The molecule has 2 heterocycles. The SMILES string of the molecule is CC1CCCCN1S(=O)(=O)N1CCC[C@H]1C(=O)O. The highest BCUT2D eigenvalue weighted by molar-refractivity contribution is 7.86. The fraction of sp³-hybridized carbons (Fsp3) is 0.909. The maximum atomic E-state index is 12.5. The second kappa shape index (κ2) is 5.14. The second-order valence-electron chi connectivity index (χ2n) is 5.07. The smallest absolute Gasteiger partial charge is 0.322 e. The van der Waals surface area contributed by atoms with E-state index in [2.05, 4.69) is 0 Å². The van der Waals surface area contributed by atoms with Crippen molar-refractivity contribution in [1.29, 1.82) is 0 Å². The van der Waals surface area contributed by atoms with Crippen molar-refractivity contribution >= 4 is 16.2 Å². The molecule has 1 unspecified atom stereocenters. The summed E-state index contributed by atoms with van der Waals surface area (Å²) >= 11 is 0. The fourth-order valence-corrected chi connectivity index (χ4v) is 4.88. The number of nitrogens with zero attached hydrogens (tertiary/aromatic N) is 2. The van der Waals surface area contributed by atoms with Gasteiger partial charge >= 0.3 is 5.97 Å². The van der Waals surface area contributed by atoms with Gasteiger partial charge in [0.05, 0.1) is 0 Å². The quantitative estimate of drug-likeness (QED) is 0.821.